The predicted octanol–water partition coefficient (Wildman–Crippen LogP) is 1.94. The molecule has 0 bridgehead atoms. The van der Waals surface area contributed by atoms with Gasteiger partial charge < -0.3 is 10.2 Å². The normalized spacial score (nSPS) is 10.6. The van der Waals surface area contributed by atoms with E-state index in [0.717, 1.165) is 0 Å². The minimum atomic E-state index is -3.49. The van der Waals surface area contributed by atoms with Crippen molar-refractivity contribution in [3.8, 4) is 0 Å². The van der Waals surface area contributed by atoms with E-state index in [9.17, 15) is 14.2 Å². The highest BCUT2D eigenvalue weighted by molar-refractivity contribution is 7.33. The molecule has 10 heteroatoms. The highest BCUT2D eigenvalue weighted by Crippen LogP contribution is 2.26. The van der Waals surface area contributed by atoms with Gasteiger partial charge in [0.1, 0.15) is 0 Å². The average molecular weight is 382 g/mol. The topological polar surface area (TPSA) is 129 Å². The molecule has 0 atom stereocenters. The second-order valence-corrected chi connectivity index (χ2v) is 5.62. The number of carbonyl (C=O) groups is 2. The van der Waals surface area contributed by atoms with Crippen molar-refractivity contribution in [2.75, 3.05) is 0 Å². The van der Waals surface area contributed by atoms with Crippen LogP contribution in [0.1, 0.15) is 31.8 Å². The van der Waals surface area contributed by atoms with Crippen LogP contribution in [0.2, 0.25) is 0 Å². The summed E-state index contributed by atoms with van der Waals surface area (Å²) in [5.74, 6) is -2.01. The highest BCUT2D eigenvalue weighted by Gasteiger charge is 2.18. The van der Waals surface area contributed by atoms with Crippen LogP contribution in [0.15, 0.2) is 48.5 Å². The van der Waals surface area contributed by atoms with E-state index < -0.39 is 33.4 Å². The largest absolute Gasteiger partial charge is 0.395 e. The van der Waals surface area contributed by atoms with Gasteiger partial charge >= 0.3 is 20.2 Å². The molecule has 0 saturated carbocycles. The fourth-order valence-corrected chi connectivity index (χ4v) is 2.28. The number of aliphatic hydroxyl groups is 2. The summed E-state index contributed by atoms with van der Waals surface area (Å²) in [6.45, 7) is -0.808. The van der Waals surface area contributed by atoms with Crippen LogP contribution in [0.4, 0.5) is 0 Å². The standard InChI is InChI=1S/C16H15O9P/c17-9-11-5-1-3-7-13(11)15(19)22-24-26(21)25-23-16(20)14-8-4-2-6-12(14)10-18/h1-8,17-18,26H,9-10H2. The third-order valence-electron chi connectivity index (χ3n) is 3.19. The SMILES string of the molecule is O=C(OO[PH](=O)OOC(=O)c1ccccc1CO)c1ccccc1CO. The van der Waals surface area contributed by atoms with Crippen LogP contribution in [-0.4, -0.2) is 22.2 Å². The smallest absolute Gasteiger partial charge is 0.392 e. The zero-order chi connectivity index (χ0) is 18.9. The Morgan fingerprint density at radius 2 is 1.15 bits per heavy atom. The number of benzene rings is 2. The molecule has 0 saturated heterocycles. The number of carbonyl (C=O) groups excluding carboxylic acids is 2. The third kappa shape index (κ3) is 5.22. The van der Waals surface area contributed by atoms with Crippen molar-refractivity contribution in [3.05, 3.63) is 70.8 Å². The Morgan fingerprint density at radius 3 is 1.54 bits per heavy atom. The van der Waals surface area contributed by atoms with Crippen LogP contribution < -0.4 is 0 Å². The Kier molecular flexibility index (Phi) is 7.46. The van der Waals surface area contributed by atoms with Gasteiger partial charge in [-0.1, -0.05) is 45.7 Å². The van der Waals surface area contributed by atoms with Crippen molar-refractivity contribution >= 4 is 20.2 Å². The molecule has 0 aromatic heterocycles. The molecule has 0 fully saturated rings. The Morgan fingerprint density at radius 1 is 0.769 bits per heavy atom. The van der Waals surface area contributed by atoms with Crippen molar-refractivity contribution in [2.45, 2.75) is 13.2 Å². The molecule has 2 aromatic carbocycles. The lowest BCUT2D eigenvalue weighted by molar-refractivity contribution is -0.201. The molecule has 0 amide bonds. The van der Waals surface area contributed by atoms with E-state index in [1.54, 1.807) is 12.1 Å². The molecule has 0 spiro atoms. The molecule has 9 nitrogen and oxygen atoms in total. The molecule has 0 aliphatic carbocycles. The summed E-state index contributed by atoms with van der Waals surface area (Å²) in [7, 11) is -3.49. The molecule has 138 valence electrons. The number of hydrogen-bond acceptors (Lipinski definition) is 9. The maximum Gasteiger partial charge on any atom is 0.395 e. The first-order chi connectivity index (χ1) is 12.6. The lowest BCUT2D eigenvalue weighted by Crippen LogP contribution is -2.09. The van der Waals surface area contributed by atoms with Crippen molar-refractivity contribution in [2.24, 2.45) is 0 Å². The molecule has 2 N–H and O–H groups in total. The monoisotopic (exact) mass is 382 g/mol. The van der Waals surface area contributed by atoms with Crippen LogP contribution in [-0.2, 0) is 36.9 Å². The summed E-state index contributed by atoms with van der Waals surface area (Å²) in [6.07, 6.45) is 0. The molecule has 2 aromatic rings. The van der Waals surface area contributed by atoms with Crippen LogP contribution in [0, 0.1) is 0 Å². The molecular formula is C16H15O9P. The van der Waals surface area contributed by atoms with Crippen LogP contribution >= 0.6 is 8.25 Å². The van der Waals surface area contributed by atoms with E-state index in [2.05, 4.69) is 19.1 Å². The number of rotatable bonds is 8. The van der Waals surface area contributed by atoms with E-state index >= 15 is 0 Å². The van der Waals surface area contributed by atoms with Gasteiger partial charge in [0, 0.05) is 0 Å². The Bertz CT molecular complexity index is 740. The van der Waals surface area contributed by atoms with E-state index in [4.69, 9.17) is 10.2 Å². The lowest BCUT2D eigenvalue weighted by Gasteiger charge is -2.07. The van der Waals surface area contributed by atoms with Crippen molar-refractivity contribution in [1.29, 1.82) is 0 Å². The highest BCUT2D eigenvalue weighted by atomic mass is 31.1. The maximum absolute atomic E-state index is 11.8. The Hall–Kier alpha value is -2.55. The maximum atomic E-state index is 11.8. The van der Waals surface area contributed by atoms with Crippen molar-refractivity contribution in [1.82, 2.24) is 0 Å². The van der Waals surface area contributed by atoms with Gasteiger partial charge in [-0.3, -0.25) is 14.3 Å². The molecule has 0 unspecified atom stereocenters. The number of hydrogen-bond donors (Lipinski definition) is 2. The van der Waals surface area contributed by atoms with E-state index in [-0.39, 0.29) is 22.3 Å². The van der Waals surface area contributed by atoms with Gasteiger partial charge in [0.05, 0.1) is 24.3 Å². The van der Waals surface area contributed by atoms with Gasteiger partial charge in [-0.25, -0.2) is 9.59 Å². The first-order valence-electron chi connectivity index (χ1n) is 7.26. The summed E-state index contributed by atoms with van der Waals surface area (Å²) in [5, 5.41) is 18.3. The first kappa shape index (κ1) is 19.8. The summed E-state index contributed by atoms with van der Waals surface area (Å²) < 4.78 is 20.0. The summed E-state index contributed by atoms with van der Waals surface area (Å²) in [4.78, 5) is 32.3. The quantitative estimate of drug-likeness (QED) is 0.400. The fourth-order valence-electron chi connectivity index (χ4n) is 1.96. The molecule has 2 rings (SSSR count). The van der Waals surface area contributed by atoms with E-state index in [0.29, 0.717) is 0 Å². The van der Waals surface area contributed by atoms with Gasteiger partial charge in [-0.2, -0.15) is 0 Å². The second kappa shape index (κ2) is 9.81. The van der Waals surface area contributed by atoms with Gasteiger partial charge in [0.15, 0.2) is 0 Å². The molecule has 0 aliphatic heterocycles. The van der Waals surface area contributed by atoms with Gasteiger partial charge in [0.2, 0.25) is 0 Å². The molecule has 0 radical (unpaired) electrons. The van der Waals surface area contributed by atoms with Crippen LogP contribution in [0.25, 0.3) is 0 Å². The zero-order valence-corrected chi connectivity index (χ0v) is 14.3. The minimum absolute atomic E-state index is 0.0127. The first-order valence-corrected chi connectivity index (χ1v) is 8.48. The summed E-state index contributed by atoms with van der Waals surface area (Å²) >= 11 is 0. The molecule has 26 heavy (non-hydrogen) atoms. The van der Waals surface area contributed by atoms with Crippen LogP contribution in [0.5, 0.6) is 0 Å². The van der Waals surface area contributed by atoms with Gasteiger partial charge in [-0.05, 0) is 23.3 Å². The average Bonchev–Trinajstić information content (AvgIpc) is 2.69. The lowest BCUT2D eigenvalue weighted by atomic mass is 10.1. The van der Waals surface area contributed by atoms with Gasteiger partial charge in [-0.15, -0.1) is 0 Å². The summed E-state index contributed by atoms with van der Waals surface area (Å²) in [5.41, 5.74) is 0.597. The fraction of sp³-hybridized carbons (Fsp3) is 0.125. The van der Waals surface area contributed by atoms with Gasteiger partial charge in [0.25, 0.3) is 0 Å². The molecular weight excluding hydrogens is 367 g/mol. The second-order valence-electron chi connectivity index (χ2n) is 4.79. The zero-order valence-electron chi connectivity index (χ0n) is 13.3. The van der Waals surface area contributed by atoms with E-state index in [1.165, 1.54) is 36.4 Å². The number of aliphatic hydroxyl groups excluding tert-OH is 2. The Balaban J connectivity index is 1.85. The predicted molar refractivity (Wildman–Crippen MR) is 86.7 cm³/mol. The molecule has 0 heterocycles. The van der Waals surface area contributed by atoms with Crippen molar-refractivity contribution < 1.29 is 43.5 Å². The summed E-state index contributed by atoms with van der Waals surface area (Å²) in [6, 6.07) is 12.0. The molecule has 0 aliphatic rings. The van der Waals surface area contributed by atoms with Crippen LogP contribution in [0.3, 0.4) is 0 Å². The minimum Gasteiger partial charge on any atom is -0.392 e. The van der Waals surface area contributed by atoms with E-state index in [1.807, 2.05) is 0 Å². The Labute approximate surface area is 148 Å². The van der Waals surface area contributed by atoms with Crippen molar-refractivity contribution in [3.63, 3.8) is 0 Å². The third-order valence-corrected chi connectivity index (χ3v) is 3.62.